The highest BCUT2D eigenvalue weighted by molar-refractivity contribution is 5.99. The molecule has 0 aromatic heterocycles. The summed E-state index contributed by atoms with van der Waals surface area (Å²) < 4.78 is 15.3. The van der Waals surface area contributed by atoms with E-state index in [-0.39, 0.29) is 11.5 Å². The van der Waals surface area contributed by atoms with Gasteiger partial charge in [0.1, 0.15) is 16.9 Å². The fourth-order valence-electron chi connectivity index (χ4n) is 2.77. The molecule has 6 heteroatoms. The van der Waals surface area contributed by atoms with Crippen molar-refractivity contribution in [1.29, 1.82) is 0 Å². The van der Waals surface area contributed by atoms with Crippen molar-refractivity contribution in [2.45, 2.75) is 31.3 Å². The normalized spacial score (nSPS) is 16.1. The van der Waals surface area contributed by atoms with Crippen molar-refractivity contribution in [3.8, 4) is 5.75 Å². The standard InChI is InChI=1S/C16H21NO5/c1-20-13-7-6-11(10-12(13)14(18)21-2)17-15(19)16(22-3)8-4-5-9-16/h6-7,10H,4-5,8-9H2,1-3H3,(H,17,19). The molecule has 0 saturated heterocycles. The maximum atomic E-state index is 12.5. The van der Waals surface area contributed by atoms with Gasteiger partial charge in [-0.2, -0.15) is 0 Å². The minimum absolute atomic E-state index is 0.187. The average Bonchev–Trinajstić information content (AvgIpc) is 3.04. The molecule has 22 heavy (non-hydrogen) atoms. The monoisotopic (exact) mass is 307 g/mol. The van der Waals surface area contributed by atoms with E-state index in [2.05, 4.69) is 5.32 Å². The molecule has 0 heterocycles. The number of carbonyl (C=O) groups is 2. The van der Waals surface area contributed by atoms with E-state index >= 15 is 0 Å². The molecule has 2 rings (SSSR count). The van der Waals surface area contributed by atoms with Crippen molar-refractivity contribution in [2.75, 3.05) is 26.6 Å². The third-order valence-electron chi connectivity index (χ3n) is 4.08. The molecular formula is C16H21NO5. The number of rotatable bonds is 5. The molecule has 0 radical (unpaired) electrons. The predicted octanol–water partition coefficient (Wildman–Crippen LogP) is 2.38. The molecule has 1 saturated carbocycles. The Morgan fingerprint density at radius 2 is 1.82 bits per heavy atom. The molecule has 1 amide bonds. The Hall–Kier alpha value is -2.08. The van der Waals surface area contributed by atoms with Crippen LogP contribution in [0.5, 0.6) is 5.75 Å². The van der Waals surface area contributed by atoms with E-state index in [0.29, 0.717) is 24.3 Å². The highest BCUT2D eigenvalue weighted by Crippen LogP contribution is 2.34. The van der Waals surface area contributed by atoms with E-state index in [9.17, 15) is 9.59 Å². The van der Waals surface area contributed by atoms with Gasteiger partial charge in [-0.3, -0.25) is 4.79 Å². The zero-order chi connectivity index (χ0) is 16.2. The van der Waals surface area contributed by atoms with Crippen LogP contribution in [0.25, 0.3) is 0 Å². The van der Waals surface area contributed by atoms with Gasteiger partial charge in [0.2, 0.25) is 0 Å². The summed E-state index contributed by atoms with van der Waals surface area (Å²) in [5, 5.41) is 2.82. The van der Waals surface area contributed by atoms with Crippen LogP contribution in [0.4, 0.5) is 5.69 Å². The number of hydrogen-bond donors (Lipinski definition) is 1. The number of amides is 1. The Balaban J connectivity index is 2.22. The van der Waals surface area contributed by atoms with Crippen LogP contribution < -0.4 is 10.1 Å². The molecule has 1 aliphatic carbocycles. The second-order valence-electron chi connectivity index (χ2n) is 5.27. The molecule has 0 bridgehead atoms. The van der Waals surface area contributed by atoms with Gasteiger partial charge < -0.3 is 19.5 Å². The summed E-state index contributed by atoms with van der Waals surface area (Å²) in [7, 11) is 4.32. The lowest BCUT2D eigenvalue weighted by atomic mass is 10.0. The zero-order valence-electron chi connectivity index (χ0n) is 13.1. The maximum Gasteiger partial charge on any atom is 0.341 e. The molecule has 120 valence electrons. The maximum absolute atomic E-state index is 12.5. The number of carbonyl (C=O) groups excluding carboxylic acids is 2. The Kier molecular flexibility index (Phi) is 5.03. The van der Waals surface area contributed by atoms with E-state index in [1.807, 2.05) is 0 Å². The van der Waals surface area contributed by atoms with Crippen LogP contribution in [0.1, 0.15) is 36.0 Å². The Morgan fingerprint density at radius 3 is 2.36 bits per heavy atom. The number of methoxy groups -OCH3 is 3. The van der Waals surface area contributed by atoms with Crippen molar-refractivity contribution in [3.63, 3.8) is 0 Å². The molecule has 1 aromatic carbocycles. The second kappa shape index (κ2) is 6.79. The fraction of sp³-hybridized carbons (Fsp3) is 0.500. The molecule has 0 unspecified atom stereocenters. The Bertz CT molecular complexity index is 564. The third-order valence-corrected chi connectivity index (χ3v) is 4.08. The van der Waals surface area contributed by atoms with Crippen LogP contribution in [0.15, 0.2) is 18.2 Å². The van der Waals surface area contributed by atoms with Crippen molar-refractivity contribution >= 4 is 17.6 Å². The lowest BCUT2D eigenvalue weighted by Gasteiger charge is -2.26. The van der Waals surface area contributed by atoms with Crippen LogP contribution in [-0.4, -0.2) is 38.8 Å². The van der Waals surface area contributed by atoms with Crippen molar-refractivity contribution < 1.29 is 23.8 Å². The quantitative estimate of drug-likeness (QED) is 0.845. The van der Waals surface area contributed by atoms with Gasteiger partial charge in [0.25, 0.3) is 5.91 Å². The van der Waals surface area contributed by atoms with Crippen LogP contribution in [0.2, 0.25) is 0 Å². The number of esters is 1. The SMILES string of the molecule is COC(=O)c1cc(NC(=O)C2(OC)CCCC2)ccc1OC. The highest BCUT2D eigenvalue weighted by atomic mass is 16.5. The van der Waals surface area contributed by atoms with Gasteiger partial charge in [0, 0.05) is 12.8 Å². The smallest absolute Gasteiger partial charge is 0.341 e. The summed E-state index contributed by atoms with van der Waals surface area (Å²) in [6.45, 7) is 0. The van der Waals surface area contributed by atoms with Crippen LogP contribution in [0.3, 0.4) is 0 Å². The molecule has 0 atom stereocenters. The summed E-state index contributed by atoms with van der Waals surface area (Å²) >= 11 is 0. The first-order chi connectivity index (χ1) is 10.6. The molecule has 6 nitrogen and oxygen atoms in total. The third kappa shape index (κ3) is 3.06. The molecule has 1 aromatic rings. The van der Waals surface area contributed by atoms with Gasteiger partial charge >= 0.3 is 5.97 Å². The van der Waals surface area contributed by atoms with E-state index in [1.54, 1.807) is 25.3 Å². The molecule has 0 aliphatic heterocycles. The van der Waals surface area contributed by atoms with E-state index in [0.717, 1.165) is 12.8 Å². The first-order valence-corrected chi connectivity index (χ1v) is 7.19. The fourth-order valence-corrected chi connectivity index (χ4v) is 2.77. The summed E-state index contributed by atoms with van der Waals surface area (Å²) in [6.07, 6.45) is 3.35. The van der Waals surface area contributed by atoms with Gasteiger partial charge in [-0.05, 0) is 43.9 Å². The van der Waals surface area contributed by atoms with E-state index in [4.69, 9.17) is 14.2 Å². The van der Waals surface area contributed by atoms with E-state index < -0.39 is 11.6 Å². The zero-order valence-corrected chi connectivity index (χ0v) is 13.1. The first kappa shape index (κ1) is 16.3. The number of nitrogens with one attached hydrogen (secondary N) is 1. The molecule has 0 spiro atoms. The molecule has 1 fully saturated rings. The first-order valence-electron chi connectivity index (χ1n) is 7.19. The largest absolute Gasteiger partial charge is 0.496 e. The molecule has 1 N–H and O–H groups in total. The van der Waals surface area contributed by atoms with Crippen molar-refractivity contribution in [3.05, 3.63) is 23.8 Å². The summed E-state index contributed by atoms with van der Waals surface area (Å²) in [6, 6.07) is 4.85. The van der Waals surface area contributed by atoms with E-state index in [1.165, 1.54) is 14.2 Å². The number of ether oxygens (including phenoxy) is 3. The second-order valence-corrected chi connectivity index (χ2v) is 5.27. The topological polar surface area (TPSA) is 73.9 Å². The van der Waals surface area contributed by atoms with Gasteiger partial charge in [0.05, 0.1) is 14.2 Å². The summed E-state index contributed by atoms with van der Waals surface area (Å²) in [5.41, 5.74) is 0.000882. The Morgan fingerprint density at radius 1 is 1.14 bits per heavy atom. The lowest BCUT2D eigenvalue weighted by molar-refractivity contribution is -0.137. The van der Waals surface area contributed by atoms with Gasteiger partial charge in [-0.15, -0.1) is 0 Å². The van der Waals surface area contributed by atoms with Crippen LogP contribution in [0, 0.1) is 0 Å². The number of hydrogen-bond acceptors (Lipinski definition) is 5. The predicted molar refractivity (Wildman–Crippen MR) is 81.2 cm³/mol. The minimum Gasteiger partial charge on any atom is -0.496 e. The van der Waals surface area contributed by atoms with Gasteiger partial charge in [0.15, 0.2) is 0 Å². The lowest BCUT2D eigenvalue weighted by Crippen LogP contribution is -2.42. The summed E-state index contributed by atoms with van der Waals surface area (Å²) in [4.78, 5) is 24.3. The highest BCUT2D eigenvalue weighted by Gasteiger charge is 2.41. The molecular weight excluding hydrogens is 286 g/mol. The van der Waals surface area contributed by atoms with Crippen molar-refractivity contribution in [2.24, 2.45) is 0 Å². The van der Waals surface area contributed by atoms with Crippen molar-refractivity contribution in [1.82, 2.24) is 0 Å². The van der Waals surface area contributed by atoms with Crippen LogP contribution >= 0.6 is 0 Å². The minimum atomic E-state index is -0.772. The molecule has 1 aliphatic rings. The Labute approximate surface area is 129 Å². The summed E-state index contributed by atoms with van der Waals surface area (Å²) in [5.74, 6) is -0.309. The number of anilines is 1. The van der Waals surface area contributed by atoms with Gasteiger partial charge in [-0.1, -0.05) is 0 Å². The van der Waals surface area contributed by atoms with Gasteiger partial charge in [-0.25, -0.2) is 4.79 Å². The average molecular weight is 307 g/mol. The number of benzene rings is 1. The van der Waals surface area contributed by atoms with Crippen LogP contribution in [-0.2, 0) is 14.3 Å².